The molecule has 0 aliphatic carbocycles. The minimum absolute atomic E-state index is 0.189. The van der Waals surface area contributed by atoms with Crippen LogP contribution in [-0.4, -0.2) is 37.7 Å². The molecule has 0 aliphatic rings. The summed E-state index contributed by atoms with van der Waals surface area (Å²) in [5.41, 5.74) is 0.189. The van der Waals surface area contributed by atoms with Crippen molar-refractivity contribution in [3.8, 4) is 0 Å². The molecule has 0 bridgehead atoms. The molecule has 8 nitrogen and oxygen atoms in total. The largest absolute Gasteiger partial charge is 0.336 e. The highest BCUT2D eigenvalue weighted by Crippen LogP contribution is 1.86. The van der Waals surface area contributed by atoms with Crippen molar-refractivity contribution in [1.29, 1.82) is 0 Å². The first kappa shape index (κ1) is 18.1. The van der Waals surface area contributed by atoms with Gasteiger partial charge in [0.15, 0.2) is 0 Å². The predicted molar refractivity (Wildman–Crippen MR) is 61.1 cm³/mol. The number of carbonyl (C=O) groups is 1. The molecule has 10 heteroatoms. The van der Waals surface area contributed by atoms with Crippen molar-refractivity contribution in [2.75, 3.05) is 5.88 Å². The third-order valence-corrected chi connectivity index (χ3v) is 1.94. The molecule has 0 aromatic carbocycles. The van der Waals surface area contributed by atoms with Gasteiger partial charge in [0.2, 0.25) is 5.91 Å². The lowest BCUT2D eigenvalue weighted by atomic mass is 10.3. The zero-order valence-electron chi connectivity index (χ0n) is 8.95. The minimum atomic E-state index is -4.13. The summed E-state index contributed by atoms with van der Waals surface area (Å²) in [4.78, 5) is 10.6. The Morgan fingerprint density at radius 3 is 1.82 bits per heavy atom. The first-order valence-corrected chi connectivity index (χ1v) is 6.99. The van der Waals surface area contributed by atoms with Crippen LogP contribution in [0, 0.1) is 0 Å². The van der Waals surface area contributed by atoms with E-state index in [1.54, 1.807) is 0 Å². The van der Waals surface area contributed by atoms with Crippen molar-refractivity contribution in [1.82, 2.24) is 5.32 Å². The van der Waals surface area contributed by atoms with Crippen molar-refractivity contribution < 1.29 is 30.7 Å². The molecule has 17 heavy (non-hydrogen) atoms. The highest BCUT2D eigenvalue weighted by molar-refractivity contribution is 7.88. The van der Waals surface area contributed by atoms with Crippen molar-refractivity contribution in [2.45, 2.75) is 6.92 Å². The predicted octanol–water partition coefficient (Wildman–Crippen LogP) is -0.458. The van der Waals surface area contributed by atoms with Crippen LogP contribution in [0.15, 0.2) is 24.1 Å². The Labute approximate surface area is 99.5 Å². The molecule has 0 atom stereocenters. The monoisotopic (exact) mass is 287 g/mol. The fraction of sp³-hybridized carbons (Fsp3) is 0.286. The van der Waals surface area contributed by atoms with Gasteiger partial charge in [0.25, 0.3) is 20.2 Å². The quantitative estimate of drug-likeness (QED) is 0.470. The summed E-state index contributed by atoms with van der Waals surface area (Å²) in [6.07, 6.45) is 0. The van der Waals surface area contributed by atoms with E-state index in [4.69, 9.17) is 9.11 Å². The fourth-order valence-electron chi connectivity index (χ4n) is 0.308. The van der Waals surface area contributed by atoms with Crippen molar-refractivity contribution >= 4 is 26.1 Å². The molecule has 0 saturated carbocycles. The lowest BCUT2D eigenvalue weighted by Gasteiger charge is -2.00. The van der Waals surface area contributed by atoms with Gasteiger partial charge in [-0.15, -0.1) is 0 Å². The maximum Gasteiger partial charge on any atom is 0.287 e. The molecule has 0 heterocycles. The lowest BCUT2D eigenvalue weighted by molar-refractivity contribution is -0.117. The van der Waals surface area contributed by atoms with Gasteiger partial charge < -0.3 is 5.32 Å². The van der Waals surface area contributed by atoms with Crippen LogP contribution in [0.25, 0.3) is 0 Å². The number of hydrogen-bond donors (Lipinski definition) is 3. The van der Waals surface area contributed by atoms with Crippen LogP contribution >= 0.6 is 0 Å². The summed E-state index contributed by atoms with van der Waals surface area (Å²) in [5.74, 6) is -1.37. The van der Waals surface area contributed by atoms with Gasteiger partial charge >= 0.3 is 0 Å². The van der Waals surface area contributed by atoms with E-state index in [9.17, 15) is 21.6 Å². The summed E-state index contributed by atoms with van der Waals surface area (Å²) in [5, 5.41) is 2.41. The van der Waals surface area contributed by atoms with Crippen LogP contribution in [0.1, 0.15) is 6.92 Å². The number of nitrogens with one attached hydrogen (secondary N) is 1. The molecule has 0 spiro atoms. The van der Waals surface area contributed by atoms with Gasteiger partial charge in [-0.05, 0) is 6.92 Å². The normalized spacial score (nSPS) is 10.8. The van der Waals surface area contributed by atoms with Crippen molar-refractivity contribution in [2.24, 2.45) is 0 Å². The first-order chi connectivity index (χ1) is 7.39. The summed E-state index contributed by atoms with van der Waals surface area (Å²) < 4.78 is 54.9. The van der Waals surface area contributed by atoms with Crippen LogP contribution in [0.2, 0.25) is 0 Å². The van der Waals surface area contributed by atoms with E-state index in [-0.39, 0.29) is 5.57 Å². The van der Waals surface area contributed by atoms with E-state index in [0.717, 1.165) is 0 Å². The highest BCUT2D eigenvalue weighted by atomic mass is 32.2. The van der Waals surface area contributed by atoms with E-state index in [1.165, 1.54) is 6.92 Å². The van der Waals surface area contributed by atoms with Gasteiger partial charge in [0.05, 0.1) is 5.41 Å². The maximum atomic E-state index is 10.6. The van der Waals surface area contributed by atoms with Crippen LogP contribution in [-0.2, 0) is 25.0 Å². The Hall–Kier alpha value is -1.23. The van der Waals surface area contributed by atoms with Crippen LogP contribution in [0.3, 0.4) is 0 Å². The van der Waals surface area contributed by atoms with Gasteiger partial charge in [-0.3, -0.25) is 13.9 Å². The van der Waals surface area contributed by atoms with E-state index < -0.39 is 32.0 Å². The summed E-state index contributed by atoms with van der Waals surface area (Å²) in [7, 11) is -8.02. The Morgan fingerprint density at radius 1 is 1.29 bits per heavy atom. The smallest absolute Gasteiger partial charge is 0.287 e. The minimum Gasteiger partial charge on any atom is -0.336 e. The zero-order chi connectivity index (χ0) is 14.3. The molecule has 0 unspecified atom stereocenters. The SMILES string of the molecule is C=C(C)C(=O)NCS(=O)(=O)O.C=CS(=O)(=O)O. The van der Waals surface area contributed by atoms with Crippen LogP contribution in [0.5, 0.6) is 0 Å². The van der Waals surface area contributed by atoms with Gasteiger partial charge in [-0.1, -0.05) is 13.2 Å². The second-order valence-corrected chi connectivity index (χ2v) is 5.51. The standard InChI is InChI=1S/C5H9NO4S.C2H4O3S/c1-4(2)5(7)6-3-11(8,9)10;1-2-6(3,4)5/h1,3H2,2H3,(H,6,7)(H,8,9,10);2H,1H2,(H,3,4,5). The molecule has 3 N–H and O–H groups in total. The first-order valence-electron chi connectivity index (χ1n) is 3.88. The Bertz CT molecular complexity index is 477. The molecule has 0 radical (unpaired) electrons. The number of carbonyl (C=O) groups excluding carboxylic acids is 1. The Kier molecular flexibility index (Phi) is 7.65. The van der Waals surface area contributed by atoms with E-state index >= 15 is 0 Å². The van der Waals surface area contributed by atoms with Crippen molar-refractivity contribution in [3.63, 3.8) is 0 Å². The number of rotatable bonds is 4. The van der Waals surface area contributed by atoms with E-state index in [2.05, 4.69) is 13.2 Å². The van der Waals surface area contributed by atoms with Gasteiger partial charge in [0, 0.05) is 5.57 Å². The molecule has 0 saturated heterocycles. The molecule has 1 amide bonds. The van der Waals surface area contributed by atoms with Gasteiger partial charge in [0.1, 0.15) is 5.88 Å². The van der Waals surface area contributed by atoms with Crippen molar-refractivity contribution in [3.05, 3.63) is 24.1 Å². The molecule has 0 aliphatic heterocycles. The zero-order valence-corrected chi connectivity index (χ0v) is 10.6. The highest BCUT2D eigenvalue weighted by Gasteiger charge is 2.07. The van der Waals surface area contributed by atoms with Crippen LogP contribution in [0.4, 0.5) is 0 Å². The maximum absolute atomic E-state index is 10.6. The Balaban J connectivity index is 0. The van der Waals surface area contributed by atoms with Crippen LogP contribution < -0.4 is 5.32 Å². The summed E-state index contributed by atoms with van der Waals surface area (Å²) in [6.45, 7) is 7.49. The van der Waals surface area contributed by atoms with Gasteiger partial charge in [-0.2, -0.15) is 16.8 Å². The summed E-state index contributed by atoms with van der Waals surface area (Å²) >= 11 is 0. The second-order valence-electron chi connectivity index (χ2n) is 2.69. The van der Waals surface area contributed by atoms with E-state index in [0.29, 0.717) is 5.41 Å². The number of hydrogen-bond acceptors (Lipinski definition) is 5. The molecule has 0 aromatic rings. The lowest BCUT2D eigenvalue weighted by Crippen LogP contribution is -2.29. The average Bonchev–Trinajstić information content (AvgIpc) is 2.12. The molecular formula is C7H13NO7S2. The average molecular weight is 287 g/mol. The topological polar surface area (TPSA) is 138 Å². The third kappa shape index (κ3) is 17.4. The molecule has 0 fully saturated rings. The molecule has 0 rings (SSSR count). The molecule has 100 valence electrons. The fourth-order valence-corrected chi connectivity index (χ4v) is 0.621. The molecule has 0 aromatic heterocycles. The van der Waals surface area contributed by atoms with E-state index in [1.807, 2.05) is 5.32 Å². The van der Waals surface area contributed by atoms with Gasteiger partial charge in [-0.25, -0.2) is 0 Å². The third-order valence-electron chi connectivity index (χ3n) is 1.01. The number of amides is 1. The Morgan fingerprint density at radius 2 is 1.65 bits per heavy atom. The summed E-state index contributed by atoms with van der Waals surface area (Å²) in [6, 6.07) is 0. The molecular weight excluding hydrogens is 274 g/mol. The second kappa shape index (κ2) is 7.17.